The van der Waals surface area contributed by atoms with Crippen LogP contribution < -0.4 is 15.5 Å². The molecule has 0 saturated carbocycles. The van der Waals surface area contributed by atoms with Crippen molar-refractivity contribution < 1.29 is 14.3 Å². The molecule has 3 aliphatic rings. The number of carbonyl (C=O) groups is 2. The topological polar surface area (TPSA) is 137 Å². The Kier molecular flexibility index (Phi) is 8.34. The monoisotopic (exact) mass is 586 g/mol. The van der Waals surface area contributed by atoms with Crippen LogP contribution in [-0.2, 0) is 17.6 Å². The third-order valence-corrected chi connectivity index (χ3v) is 8.34. The summed E-state index contributed by atoms with van der Waals surface area (Å²) in [5, 5.41) is 0. The third-order valence-electron chi connectivity index (χ3n) is 8.34. The van der Waals surface area contributed by atoms with Gasteiger partial charge in [-0.2, -0.15) is 4.98 Å². The molecular formula is C30H38N10O3. The number of hydrogen-bond acceptors (Lipinski definition) is 10. The van der Waals surface area contributed by atoms with Gasteiger partial charge < -0.3 is 30.1 Å². The molecule has 6 rings (SSSR count). The van der Waals surface area contributed by atoms with E-state index in [1.54, 1.807) is 22.2 Å². The highest BCUT2D eigenvalue weighted by Gasteiger charge is 2.33. The van der Waals surface area contributed by atoms with Crippen LogP contribution in [0, 0.1) is 0 Å². The molecule has 0 spiro atoms. The number of nitrogens with two attached hydrogens (primary N) is 1. The second-order valence-corrected chi connectivity index (χ2v) is 11.3. The van der Waals surface area contributed by atoms with Gasteiger partial charge in [0, 0.05) is 88.5 Å². The van der Waals surface area contributed by atoms with Crippen LogP contribution in [0.1, 0.15) is 21.5 Å². The van der Waals surface area contributed by atoms with Gasteiger partial charge in [0.2, 0.25) is 11.9 Å². The van der Waals surface area contributed by atoms with Crippen LogP contribution in [0.5, 0.6) is 0 Å². The molecule has 0 unspecified atom stereocenters. The summed E-state index contributed by atoms with van der Waals surface area (Å²) in [6.07, 6.45) is 4.62. The number of likely N-dealkylation sites (N-methyl/N-ethyl adjacent to an activating group) is 2. The highest BCUT2D eigenvalue weighted by atomic mass is 16.5. The highest BCUT2D eigenvalue weighted by molar-refractivity contribution is 5.95. The molecule has 226 valence electrons. The SMILES string of the molecule is CN1CCN(C(=O)c2ccc(CCN(C)C(=O)N3CCc4c(-c5cnc(N)nc5)nc(N5CCOCC5)nc43)cc2)CC1. The molecule has 2 N–H and O–H groups in total. The number of urea groups is 1. The van der Waals surface area contributed by atoms with Crippen molar-refractivity contribution >= 4 is 29.7 Å². The fourth-order valence-electron chi connectivity index (χ4n) is 5.64. The minimum Gasteiger partial charge on any atom is -0.378 e. The largest absolute Gasteiger partial charge is 0.378 e. The Morgan fingerprint density at radius 3 is 2.35 bits per heavy atom. The first-order chi connectivity index (χ1) is 20.9. The molecule has 0 atom stereocenters. The van der Waals surface area contributed by atoms with E-state index in [0.29, 0.717) is 69.6 Å². The molecule has 3 amide bonds. The number of nitrogen functional groups attached to an aromatic ring is 1. The molecule has 13 heteroatoms. The summed E-state index contributed by atoms with van der Waals surface area (Å²) in [6, 6.07) is 7.62. The van der Waals surface area contributed by atoms with E-state index in [2.05, 4.69) is 26.8 Å². The first-order valence-corrected chi connectivity index (χ1v) is 14.8. The van der Waals surface area contributed by atoms with Crippen molar-refractivity contribution in [3.63, 3.8) is 0 Å². The van der Waals surface area contributed by atoms with E-state index >= 15 is 0 Å². The number of hydrogen-bond donors (Lipinski definition) is 1. The van der Waals surface area contributed by atoms with Crippen LogP contribution in [-0.4, -0.2) is 126 Å². The van der Waals surface area contributed by atoms with Gasteiger partial charge in [0.05, 0.1) is 18.9 Å². The van der Waals surface area contributed by atoms with E-state index in [1.165, 1.54) is 0 Å². The van der Waals surface area contributed by atoms with Crippen molar-refractivity contribution in [1.82, 2.24) is 34.6 Å². The minimum absolute atomic E-state index is 0.0722. The Morgan fingerprint density at radius 2 is 1.65 bits per heavy atom. The fourth-order valence-corrected chi connectivity index (χ4v) is 5.64. The molecule has 2 aromatic heterocycles. The number of rotatable bonds is 6. The Bertz CT molecular complexity index is 1450. The van der Waals surface area contributed by atoms with Crippen molar-refractivity contribution in [3.05, 3.63) is 53.3 Å². The van der Waals surface area contributed by atoms with E-state index in [-0.39, 0.29) is 17.9 Å². The molecule has 2 saturated heterocycles. The normalized spacial score (nSPS) is 17.2. The summed E-state index contributed by atoms with van der Waals surface area (Å²) in [7, 11) is 3.88. The van der Waals surface area contributed by atoms with Gasteiger partial charge in [0.25, 0.3) is 5.91 Å². The van der Waals surface area contributed by atoms with Gasteiger partial charge in [-0.05, 0) is 37.6 Å². The summed E-state index contributed by atoms with van der Waals surface area (Å²) in [6.45, 7) is 6.84. The molecule has 3 aromatic rings. The number of morpholine rings is 1. The lowest BCUT2D eigenvalue weighted by Gasteiger charge is -2.32. The van der Waals surface area contributed by atoms with E-state index in [4.69, 9.17) is 20.4 Å². The van der Waals surface area contributed by atoms with Gasteiger partial charge in [-0.25, -0.2) is 19.7 Å². The maximum atomic E-state index is 13.7. The average molecular weight is 587 g/mol. The lowest BCUT2D eigenvalue weighted by molar-refractivity contribution is 0.0664. The second-order valence-electron chi connectivity index (χ2n) is 11.3. The molecule has 1 aromatic carbocycles. The quantitative estimate of drug-likeness (QED) is 0.451. The van der Waals surface area contributed by atoms with E-state index in [9.17, 15) is 9.59 Å². The second kappa shape index (κ2) is 12.5. The number of piperazine rings is 1. The molecule has 5 heterocycles. The van der Waals surface area contributed by atoms with Gasteiger partial charge in [0.1, 0.15) is 5.82 Å². The van der Waals surface area contributed by atoms with Crippen molar-refractivity contribution in [2.75, 3.05) is 95.2 Å². The smallest absolute Gasteiger partial charge is 0.325 e. The Morgan fingerprint density at radius 1 is 0.953 bits per heavy atom. The highest BCUT2D eigenvalue weighted by Crippen LogP contribution is 2.36. The number of amides is 3. The zero-order valence-corrected chi connectivity index (χ0v) is 24.8. The van der Waals surface area contributed by atoms with Crippen LogP contribution in [0.4, 0.5) is 22.5 Å². The standard InChI is InChI=1S/C30H38N10O3/c1-36-11-13-38(14-12-36)27(41)22-5-3-21(4-6-22)7-9-37(2)30(42)40-10-8-24-25(23-19-32-28(31)33-20-23)34-29(35-26(24)40)39-15-17-43-18-16-39/h3-6,19-20H,7-18H2,1-2H3,(H2,31,32,33). The van der Waals surface area contributed by atoms with Gasteiger partial charge >= 0.3 is 6.03 Å². The van der Waals surface area contributed by atoms with Crippen LogP contribution in [0.2, 0.25) is 0 Å². The molecule has 0 bridgehead atoms. The zero-order chi connectivity index (χ0) is 29.9. The molecule has 3 aliphatic heterocycles. The molecular weight excluding hydrogens is 548 g/mol. The van der Waals surface area contributed by atoms with Gasteiger partial charge in [-0.3, -0.25) is 9.69 Å². The van der Waals surface area contributed by atoms with Crippen LogP contribution in [0.3, 0.4) is 0 Å². The molecule has 2 fully saturated rings. The predicted molar refractivity (Wildman–Crippen MR) is 163 cm³/mol. The Labute approximate surface area is 251 Å². The van der Waals surface area contributed by atoms with Gasteiger partial charge in [-0.15, -0.1) is 0 Å². The molecule has 0 aliphatic carbocycles. The molecule has 0 radical (unpaired) electrons. The number of nitrogens with zero attached hydrogens (tertiary/aromatic N) is 9. The van der Waals surface area contributed by atoms with Gasteiger partial charge in [0.15, 0.2) is 0 Å². The van der Waals surface area contributed by atoms with Crippen LogP contribution in [0.15, 0.2) is 36.7 Å². The van der Waals surface area contributed by atoms with E-state index < -0.39 is 0 Å². The summed E-state index contributed by atoms with van der Waals surface area (Å²) in [5.74, 6) is 1.44. The van der Waals surface area contributed by atoms with E-state index in [0.717, 1.165) is 48.6 Å². The van der Waals surface area contributed by atoms with Crippen molar-refractivity contribution in [3.8, 4) is 11.3 Å². The Balaban J connectivity index is 1.15. The maximum Gasteiger partial charge on any atom is 0.325 e. The number of carbonyl (C=O) groups excluding carboxylic acids is 2. The van der Waals surface area contributed by atoms with E-state index in [1.807, 2.05) is 36.2 Å². The maximum absolute atomic E-state index is 13.7. The fraction of sp³-hybridized carbons (Fsp3) is 0.467. The van der Waals surface area contributed by atoms with Crippen LogP contribution >= 0.6 is 0 Å². The number of ether oxygens (including phenoxy) is 1. The lowest BCUT2D eigenvalue weighted by Crippen LogP contribution is -2.47. The van der Waals surface area contributed by atoms with Crippen molar-refractivity contribution in [2.24, 2.45) is 0 Å². The number of benzene rings is 1. The molecule has 13 nitrogen and oxygen atoms in total. The van der Waals surface area contributed by atoms with Crippen LogP contribution in [0.25, 0.3) is 11.3 Å². The van der Waals surface area contributed by atoms with Gasteiger partial charge in [-0.1, -0.05) is 12.1 Å². The number of aromatic nitrogens is 4. The zero-order valence-electron chi connectivity index (χ0n) is 24.8. The lowest BCUT2D eigenvalue weighted by atomic mass is 10.1. The number of anilines is 3. The first kappa shape index (κ1) is 28.7. The minimum atomic E-state index is -0.119. The van der Waals surface area contributed by atoms with Crippen molar-refractivity contribution in [2.45, 2.75) is 12.8 Å². The third kappa shape index (κ3) is 6.22. The number of fused-ring (bicyclic) bond motifs is 1. The van der Waals surface area contributed by atoms with Crippen molar-refractivity contribution in [1.29, 1.82) is 0 Å². The summed E-state index contributed by atoms with van der Waals surface area (Å²) < 4.78 is 5.52. The molecule has 43 heavy (non-hydrogen) atoms. The predicted octanol–water partition coefficient (Wildman–Crippen LogP) is 1.40. The average Bonchev–Trinajstić information content (AvgIpc) is 3.48. The summed E-state index contributed by atoms with van der Waals surface area (Å²) >= 11 is 0. The summed E-state index contributed by atoms with van der Waals surface area (Å²) in [5.41, 5.74) is 9.85. The Hall–Kier alpha value is -4.36. The summed E-state index contributed by atoms with van der Waals surface area (Å²) in [4.78, 5) is 54.4. The first-order valence-electron chi connectivity index (χ1n) is 14.8.